The van der Waals surface area contributed by atoms with Gasteiger partial charge in [0.2, 0.25) is 11.8 Å². The zero-order valence-corrected chi connectivity index (χ0v) is 13.5. The summed E-state index contributed by atoms with van der Waals surface area (Å²) in [6.45, 7) is 1.69. The number of aromatic nitrogens is 2. The molecule has 0 unspecified atom stereocenters. The van der Waals surface area contributed by atoms with Crippen LogP contribution < -0.4 is 16.6 Å². The van der Waals surface area contributed by atoms with E-state index in [-0.39, 0.29) is 17.7 Å². The molecule has 3 N–H and O–H groups in total. The lowest BCUT2D eigenvalue weighted by atomic mass is 10.1. The molecule has 0 bridgehead atoms. The maximum Gasteiger partial charge on any atom is 0.261 e. The molecule has 3 aromatic rings. The zero-order chi connectivity index (χ0) is 18.0. The number of fused-ring (bicyclic) bond motifs is 1. The van der Waals surface area contributed by atoms with E-state index in [1.807, 2.05) is 13.0 Å². The number of rotatable bonds is 4. The summed E-state index contributed by atoms with van der Waals surface area (Å²) < 4.78 is 1.25. The van der Waals surface area contributed by atoms with E-state index < -0.39 is 11.8 Å². The molecule has 0 saturated heterocycles. The van der Waals surface area contributed by atoms with Crippen LogP contribution in [0.2, 0.25) is 0 Å². The third-order valence-electron chi connectivity index (χ3n) is 3.80. The van der Waals surface area contributed by atoms with Crippen molar-refractivity contribution in [2.75, 3.05) is 5.32 Å². The molecular weight excluding hydrogens is 320 g/mol. The Balaban J connectivity index is 1.83. The number of anilines is 1. The quantitative estimate of drug-likeness (QED) is 0.751. The first-order valence-electron chi connectivity index (χ1n) is 7.60. The lowest BCUT2D eigenvalue weighted by molar-refractivity contribution is -0.116. The molecule has 3 rings (SSSR count). The van der Waals surface area contributed by atoms with Gasteiger partial charge in [0, 0.05) is 11.3 Å². The van der Waals surface area contributed by atoms with E-state index in [4.69, 9.17) is 5.73 Å². The van der Waals surface area contributed by atoms with Crippen LogP contribution in [0, 0.1) is 6.92 Å². The highest BCUT2D eigenvalue weighted by Gasteiger charge is 2.10. The van der Waals surface area contributed by atoms with E-state index in [1.54, 1.807) is 30.3 Å². The Hall–Kier alpha value is -3.48. The van der Waals surface area contributed by atoms with Crippen molar-refractivity contribution in [3.8, 4) is 0 Å². The summed E-state index contributed by atoms with van der Waals surface area (Å²) >= 11 is 0. The highest BCUT2D eigenvalue weighted by molar-refractivity contribution is 5.96. The van der Waals surface area contributed by atoms with Crippen LogP contribution in [0.5, 0.6) is 0 Å². The molecule has 0 spiro atoms. The molecule has 1 heterocycles. The number of hydrogen-bond donors (Lipinski definition) is 2. The predicted octanol–water partition coefficient (Wildman–Crippen LogP) is 1.44. The van der Waals surface area contributed by atoms with Gasteiger partial charge in [0.05, 0.1) is 17.2 Å². The number of carbonyl (C=O) groups excluding carboxylic acids is 2. The summed E-state index contributed by atoms with van der Waals surface area (Å²) in [5, 5.41) is 3.10. The number of carbonyl (C=O) groups is 2. The van der Waals surface area contributed by atoms with Crippen molar-refractivity contribution >= 4 is 28.4 Å². The summed E-state index contributed by atoms with van der Waals surface area (Å²) in [6, 6.07) is 11.6. The molecule has 2 amide bonds. The van der Waals surface area contributed by atoms with Crippen LogP contribution in [0.25, 0.3) is 10.9 Å². The highest BCUT2D eigenvalue weighted by atomic mass is 16.2. The number of nitrogens with two attached hydrogens (primary N) is 1. The van der Waals surface area contributed by atoms with Crippen LogP contribution >= 0.6 is 0 Å². The number of hydrogen-bond acceptors (Lipinski definition) is 4. The van der Waals surface area contributed by atoms with Crippen molar-refractivity contribution in [3.63, 3.8) is 0 Å². The fourth-order valence-electron chi connectivity index (χ4n) is 2.56. The second-order valence-corrected chi connectivity index (χ2v) is 5.64. The van der Waals surface area contributed by atoms with Gasteiger partial charge in [0.25, 0.3) is 5.56 Å². The fourth-order valence-corrected chi connectivity index (χ4v) is 2.56. The lowest BCUT2D eigenvalue weighted by Gasteiger charge is -2.09. The summed E-state index contributed by atoms with van der Waals surface area (Å²) in [4.78, 5) is 40.1. The van der Waals surface area contributed by atoms with Crippen LogP contribution in [0.4, 0.5) is 5.69 Å². The number of amides is 2. The predicted molar refractivity (Wildman–Crippen MR) is 94.3 cm³/mol. The molecule has 0 aliphatic rings. The van der Waals surface area contributed by atoms with Gasteiger partial charge in [-0.1, -0.05) is 18.2 Å². The number of nitrogens with zero attached hydrogens (tertiary/aromatic N) is 2. The van der Waals surface area contributed by atoms with Crippen LogP contribution in [-0.4, -0.2) is 21.4 Å². The molecular formula is C18H16N4O3. The maximum absolute atomic E-state index is 12.5. The van der Waals surface area contributed by atoms with Gasteiger partial charge in [-0.3, -0.25) is 19.0 Å². The third-order valence-corrected chi connectivity index (χ3v) is 3.80. The molecule has 0 saturated carbocycles. The Labute approximate surface area is 143 Å². The molecule has 1 aromatic heterocycles. The van der Waals surface area contributed by atoms with Gasteiger partial charge in [-0.05, 0) is 36.8 Å². The number of primary amides is 1. The zero-order valence-electron chi connectivity index (χ0n) is 13.5. The van der Waals surface area contributed by atoms with Gasteiger partial charge in [-0.15, -0.1) is 0 Å². The Morgan fingerprint density at radius 3 is 2.72 bits per heavy atom. The highest BCUT2D eigenvalue weighted by Crippen LogP contribution is 2.12. The van der Waals surface area contributed by atoms with E-state index in [1.165, 1.54) is 17.0 Å². The van der Waals surface area contributed by atoms with Crippen molar-refractivity contribution in [3.05, 3.63) is 70.3 Å². The number of nitrogens with one attached hydrogen (secondary N) is 1. The van der Waals surface area contributed by atoms with Crippen molar-refractivity contribution < 1.29 is 9.59 Å². The van der Waals surface area contributed by atoms with Crippen LogP contribution in [0.3, 0.4) is 0 Å². The van der Waals surface area contributed by atoms with Gasteiger partial charge in [0.1, 0.15) is 6.54 Å². The van der Waals surface area contributed by atoms with Crippen LogP contribution in [0.15, 0.2) is 53.6 Å². The third kappa shape index (κ3) is 3.40. The molecule has 0 aliphatic carbocycles. The van der Waals surface area contributed by atoms with Crippen molar-refractivity contribution in [1.82, 2.24) is 9.55 Å². The standard InChI is InChI=1S/C18H16N4O3/c1-11-4-2-7-14-16(11)20-10-22(18(14)25)9-15(23)21-13-6-3-5-12(8-13)17(19)24/h2-8,10H,9H2,1H3,(H2,19,24)(H,21,23). The van der Waals surface area contributed by atoms with Gasteiger partial charge in [-0.25, -0.2) is 4.98 Å². The first kappa shape index (κ1) is 16.4. The molecule has 0 aliphatic heterocycles. The molecule has 0 radical (unpaired) electrons. The Morgan fingerprint density at radius 1 is 1.20 bits per heavy atom. The summed E-state index contributed by atoms with van der Waals surface area (Å²) in [5.41, 5.74) is 7.17. The maximum atomic E-state index is 12.5. The second kappa shape index (κ2) is 6.56. The Morgan fingerprint density at radius 2 is 1.96 bits per heavy atom. The minimum absolute atomic E-state index is 0.184. The second-order valence-electron chi connectivity index (χ2n) is 5.64. The van der Waals surface area contributed by atoms with Gasteiger partial charge in [-0.2, -0.15) is 0 Å². The summed E-state index contributed by atoms with van der Waals surface area (Å²) in [6.07, 6.45) is 1.36. The van der Waals surface area contributed by atoms with E-state index in [0.29, 0.717) is 16.6 Å². The SMILES string of the molecule is Cc1cccc2c(=O)n(CC(=O)Nc3cccc(C(N)=O)c3)cnc12. The number of aryl methyl sites for hydroxylation is 1. The van der Waals surface area contributed by atoms with Gasteiger partial charge >= 0.3 is 0 Å². The van der Waals surface area contributed by atoms with Crippen LogP contribution in [0.1, 0.15) is 15.9 Å². The molecule has 0 fully saturated rings. The average Bonchev–Trinajstić information content (AvgIpc) is 2.58. The molecule has 2 aromatic carbocycles. The number of benzene rings is 2. The fraction of sp³-hybridized carbons (Fsp3) is 0.111. The average molecular weight is 336 g/mol. The first-order valence-corrected chi connectivity index (χ1v) is 7.60. The smallest absolute Gasteiger partial charge is 0.261 e. The topological polar surface area (TPSA) is 107 Å². The van der Waals surface area contributed by atoms with Crippen molar-refractivity contribution in [2.24, 2.45) is 5.73 Å². The number of para-hydroxylation sites is 1. The van der Waals surface area contributed by atoms with E-state index >= 15 is 0 Å². The van der Waals surface area contributed by atoms with Gasteiger partial charge in [0.15, 0.2) is 0 Å². The van der Waals surface area contributed by atoms with Gasteiger partial charge < -0.3 is 11.1 Å². The Bertz CT molecular complexity index is 1040. The molecule has 7 nitrogen and oxygen atoms in total. The normalized spacial score (nSPS) is 10.6. The summed E-state index contributed by atoms with van der Waals surface area (Å²) in [7, 11) is 0. The van der Waals surface area contributed by atoms with Crippen LogP contribution in [-0.2, 0) is 11.3 Å². The largest absolute Gasteiger partial charge is 0.366 e. The van der Waals surface area contributed by atoms with E-state index in [9.17, 15) is 14.4 Å². The minimum atomic E-state index is -0.582. The van der Waals surface area contributed by atoms with E-state index in [0.717, 1.165) is 5.56 Å². The molecule has 0 atom stereocenters. The lowest BCUT2D eigenvalue weighted by Crippen LogP contribution is -2.28. The molecule has 25 heavy (non-hydrogen) atoms. The Kier molecular flexibility index (Phi) is 4.30. The van der Waals surface area contributed by atoms with Crippen molar-refractivity contribution in [1.29, 1.82) is 0 Å². The first-order chi connectivity index (χ1) is 12.0. The molecule has 126 valence electrons. The van der Waals surface area contributed by atoms with E-state index in [2.05, 4.69) is 10.3 Å². The summed E-state index contributed by atoms with van der Waals surface area (Å²) in [5.74, 6) is -0.987. The minimum Gasteiger partial charge on any atom is -0.366 e. The monoisotopic (exact) mass is 336 g/mol. The molecule has 7 heteroatoms. The van der Waals surface area contributed by atoms with Crippen molar-refractivity contribution in [2.45, 2.75) is 13.5 Å².